The molecule has 0 saturated heterocycles. The van der Waals surface area contributed by atoms with Gasteiger partial charge in [-0.05, 0) is 0 Å². The molecule has 0 amide bonds. The predicted octanol–water partition coefficient (Wildman–Crippen LogP) is 2.09. The summed E-state index contributed by atoms with van der Waals surface area (Å²) >= 11 is -1.62. The van der Waals surface area contributed by atoms with Crippen molar-refractivity contribution in [1.82, 2.24) is 0 Å². The fourth-order valence-electron chi connectivity index (χ4n) is 0.750. The first-order chi connectivity index (χ1) is 5.70. The third-order valence-electron chi connectivity index (χ3n) is 1.33. The fraction of sp³-hybridized carbons (Fsp3) is 0.750. The van der Waals surface area contributed by atoms with E-state index in [4.69, 9.17) is 11.4 Å². The summed E-state index contributed by atoms with van der Waals surface area (Å²) in [6.45, 7) is 6.21. The molecule has 0 bridgehead atoms. The normalized spacial score (nSPS) is 9.58. The van der Waals surface area contributed by atoms with E-state index >= 15 is 0 Å². The third-order valence-corrected chi connectivity index (χ3v) is 3.94. The van der Waals surface area contributed by atoms with Crippen molar-refractivity contribution in [3.8, 4) is 0 Å². The van der Waals surface area contributed by atoms with E-state index in [0.717, 1.165) is 23.5 Å². The second kappa shape index (κ2) is 7.80. The van der Waals surface area contributed by atoms with Gasteiger partial charge in [0.25, 0.3) is 0 Å². The second-order valence-electron chi connectivity index (χ2n) is 2.43. The van der Waals surface area contributed by atoms with Crippen molar-refractivity contribution >= 4 is 0 Å². The molecule has 0 aliphatic heterocycles. The molecule has 0 rings (SSSR count). The molecule has 0 fully saturated rings. The Kier molecular flexibility index (Phi) is 7.92. The van der Waals surface area contributed by atoms with Crippen LogP contribution in [0.15, 0.2) is 12.3 Å². The Balaban J connectivity index is 3.23. The second-order valence-corrected chi connectivity index (χ2v) is 5.65. The molecule has 0 aromatic carbocycles. The van der Waals surface area contributed by atoms with Crippen LogP contribution in [-0.2, 0) is 30.0 Å². The van der Waals surface area contributed by atoms with Crippen LogP contribution < -0.4 is 0 Å². The van der Waals surface area contributed by atoms with Gasteiger partial charge in [0.15, 0.2) is 0 Å². The maximum atomic E-state index is 5.20. The van der Waals surface area contributed by atoms with E-state index in [0.29, 0.717) is 0 Å². The third kappa shape index (κ3) is 6.86. The van der Waals surface area contributed by atoms with Crippen LogP contribution in [0.2, 0.25) is 4.73 Å². The topological polar surface area (TPSA) is 27.7 Å². The Hall–Kier alpha value is 0.174. The summed E-state index contributed by atoms with van der Waals surface area (Å²) in [6, 6.07) is 0. The van der Waals surface area contributed by atoms with Crippen molar-refractivity contribution < 1.29 is 30.0 Å². The van der Waals surface area contributed by atoms with Crippen LogP contribution in [0.25, 0.3) is 0 Å². The van der Waals surface area contributed by atoms with E-state index in [2.05, 4.69) is 6.58 Å². The molecular weight excluding hydrogens is 192 g/mol. The minimum absolute atomic E-state index is 0.721. The van der Waals surface area contributed by atoms with E-state index in [-0.39, 0.29) is 0 Å². The number of hydrogen-bond acceptors (Lipinski definition) is 3. The Morgan fingerprint density at radius 2 is 1.92 bits per heavy atom. The van der Waals surface area contributed by atoms with Gasteiger partial charge in [-0.25, -0.2) is 0 Å². The van der Waals surface area contributed by atoms with Gasteiger partial charge in [0, 0.05) is 0 Å². The summed E-state index contributed by atoms with van der Waals surface area (Å²) in [5.41, 5.74) is 0. The molecule has 0 spiro atoms. The van der Waals surface area contributed by atoms with Crippen LogP contribution in [0, 0.1) is 0 Å². The zero-order valence-electron chi connectivity index (χ0n) is 8.05. The fourth-order valence-corrected chi connectivity index (χ4v) is 2.32. The molecule has 0 aromatic heterocycles. The molecular formula is C8H17O3Ti. The average Bonchev–Trinajstić information content (AvgIpc) is 2.04. The maximum absolute atomic E-state index is 5.20. The summed E-state index contributed by atoms with van der Waals surface area (Å²) in [4.78, 5) is 0. The molecule has 0 aliphatic carbocycles. The van der Waals surface area contributed by atoms with Crippen molar-refractivity contribution in [3.63, 3.8) is 0 Å². The van der Waals surface area contributed by atoms with Gasteiger partial charge >= 0.3 is 81.3 Å². The molecule has 3 nitrogen and oxygen atoms in total. The van der Waals surface area contributed by atoms with E-state index in [1.165, 1.54) is 0 Å². The van der Waals surface area contributed by atoms with Gasteiger partial charge in [0.05, 0.1) is 0 Å². The first kappa shape index (κ1) is 12.2. The summed E-state index contributed by atoms with van der Waals surface area (Å²) in [5.74, 6) is 0.770. The number of allylic oxidation sites excluding steroid dienone is 1. The predicted molar refractivity (Wildman–Crippen MR) is 44.2 cm³/mol. The SMILES string of the molecule is C=C(C)OCC[CH2][Ti]([O]C)[O]C. The van der Waals surface area contributed by atoms with Gasteiger partial charge in [-0.15, -0.1) is 0 Å². The summed E-state index contributed by atoms with van der Waals surface area (Å²) in [5, 5.41) is 0. The van der Waals surface area contributed by atoms with E-state index in [1.807, 2.05) is 6.92 Å². The summed E-state index contributed by atoms with van der Waals surface area (Å²) < 4.78 is 16.6. The van der Waals surface area contributed by atoms with Crippen LogP contribution in [0.5, 0.6) is 0 Å². The van der Waals surface area contributed by atoms with Crippen LogP contribution in [0.3, 0.4) is 0 Å². The Morgan fingerprint density at radius 1 is 1.33 bits per heavy atom. The van der Waals surface area contributed by atoms with Crippen molar-refractivity contribution in [3.05, 3.63) is 12.3 Å². The summed E-state index contributed by atoms with van der Waals surface area (Å²) in [6.07, 6.45) is 0.990. The van der Waals surface area contributed by atoms with Crippen LogP contribution >= 0.6 is 0 Å². The standard InChI is InChI=1S/C6H11O.2CH3O.Ti/c1-4-5-7-6(2)3;2*1-2;/h1-2,4-5H2,3H3;2*1H3;/q;2*-1;+2. The number of rotatable bonds is 7. The van der Waals surface area contributed by atoms with E-state index in [9.17, 15) is 0 Å². The minimum atomic E-state index is -1.62. The monoisotopic (exact) mass is 209 g/mol. The molecule has 0 N–H and O–H groups in total. The summed E-state index contributed by atoms with van der Waals surface area (Å²) in [7, 11) is 3.41. The van der Waals surface area contributed by atoms with Crippen LogP contribution in [0.1, 0.15) is 13.3 Å². The quantitative estimate of drug-likeness (QED) is 0.365. The molecule has 12 heavy (non-hydrogen) atoms. The van der Waals surface area contributed by atoms with Crippen molar-refractivity contribution in [2.75, 3.05) is 20.8 Å². The van der Waals surface area contributed by atoms with Gasteiger partial charge in [-0.3, -0.25) is 0 Å². The zero-order chi connectivity index (χ0) is 9.40. The van der Waals surface area contributed by atoms with Crippen LogP contribution in [0.4, 0.5) is 0 Å². The van der Waals surface area contributed by atoms with Gasteiger partial charge in [0.1, 0.15) is 0 Å². The van der Waals surface area contributed by atoms with Crippen molar-refractivity contribution in [2.24, 2.45) is 0 Å². The molecule has 0 radical (unpaired) electrons. The first-order valence-corrected chi connectivity index (χ1v) is 6.30. The van der Waals surface area contributed by atoms with Crippen molar-refractivity contribution in [2.45, 2.75) is 18.1 Å². The molecule has 0 saturated carbocycles. The first-order valence-electron chi connectivity index (χ1n) is 3.92. The molecule has 0 heterocycles. The molecule has 0 unspecified atom stereocenters. The number of hydrogen-bond donors (Lipinski definition) is 0. The van der Waals surface area contributed by atoms with Crippen molar-refractivity contribution in [1.29, 1.82) is 0 Å². The van der Waals surface area contributed by atoms with Gasteiger partial charge in [-0.1, -0.05) is 0 Å². The molecule has 0 aliphatic rings. The average molecular weight is 209 g/mol. The Morgan fingerprint density at radius 3 is 2.33 bits per heavy atom. The van der Waals surface area contributed by atoms with Gasteiger partial charge in [-0.2, -0.15) is 0 Å². The van der Waals surface area contributed by atoms with Gasteiger partial charge < -0.3 is 0 Å². The van der Waals surface area contributed by atoms with Crippen LogP contribution in [-0.4, -0.2) is 20.8 Å². The number of ether oxygens (including phenoxy) is 1. The molecule has 0 aromatic rings. The molecule has 0 atom stereocenters. The molecule has 71 valence electrons. The van der Waals surface area contributed by atoms with E-state index in [1.54, 1.807) is 14.2 Å². The zero-order valence-corrected chi connectivity index (χ0v) is 9.61. The molecule has 4 heteroatoms. The van der Waals surface area contributed by atoms with E-state index < -0.39 is 18.6 Å². The van der Waals surface area contributed by atoms with Gasteiger partial charge in [0.2, 0.25) is 0 Å². The Bertz CT molecular complexity index is 123. The Labute approximate surface area is 81.5 Å².